The van der Waals surface area contributed by atoms with E-state index < -0.39 is 0 Å². The van der Waals surface area contributed by atoms with Gasteiger partial charge in [-0.05, 0) is 29.9 Å². The number of nitrogens with one attached hydrogen (secondary N) is 2. The van der Waals surface area contributed by atoms with Crippen LogP contribution in [0.1, 0.15) is 19.4 Å². The predicted molar refractivity (Wildman–Crippen MR) is 114 cm³/mol. The van der Waals surface area contributed by atoms with Crippen molar-refractivity contribution < 1.29 is 9.18 Å². The lowest BCUT2D eigenvalue weighted by atomic mass is 10.1. The lowest BCUT2D eigenvalue weighted by Crippen LogP contribution is -2.28. The Balaban J connectivity index is 1.64. The molecule has 0 fully saturated rings. The molecule has 0 aliphatic rings. The summed E-state index contributed by atoms with van der Waals surface area (Å²) in [5.41, 5.74) is 1.51. The van der Waals surface area contributed by atoms with Crippen molar-refractivity contribution in [1.82, 2.24) is 25.1 Å². The third kappa shape index (κ3) is 5.66. The molecule has 29 heavy (non-hydrogen) atoms. The van der Waals surface area contributed by atoms with Crippen molar-refractivity contribution in [2.45, 2.75) is 32.0 Å². The summed E-state index contributed by atoms with van der Waals surface area (Å²) in [7, 11) is 0. The van der Waals surface area contributed by atoms with Gasteiger partial charge in [-0.2, -0.15) is 5.10 Å². The summed E-state index contributed by atoms with van der Waals surface area (Å²) in [5.74, 6) is 0.837. The number of nitrogens with zero attached hydrogens (tertiary/aromatic N) is 4. The maximum absolute atomic E-state index is 13.0. The van der Waals surface area contributed by atoms with Gasteiger partial charge >= 0.3 is 0 Å². The first-order chi connectivity index (χ1) is 14.0. The van der Waals surface area contributed by atoms with Crippen LogP contribution in [0.4, 0.5) is 10.2 Å². The highest BCUT2D eigenvalue weighted by Gasteiger charge is 2.13. The van der Waals surface area contributed by atoms with Crippen molar-refractivity contribution in [2.75, 3.05) is 24.7 Å². The van der Waals surface area contributed by atoms with Gasteiger partial charge in [-0.15, -0.1) is 0 Å². The largest absolute Gasteiger partial charge is 0.369 e. The van der Waals surface area contributed by atoms with E-state index in [0.717, 1.165) is 29.0 Å². The molecule has 3 rings (SSSR count). The van der Waals surface area contributed by atoms with Gasteiger partial charge in [0.2, 0.25) is 5.91 Å². The van der Waals surface area contributed by atoms with Gasteiger partial charge in [0.15, 0.2) is 10.8 Å². The molecule has 0 saturated heterocycles. The van der Waals surface area contributed by atoms with Crippen molar-refractivity contribution in [2.24, 2.45) is 5.92 Å². The average Bonchev–Trinajstić information content (AvgIpc) is 3.10. The molecule has 154 valence electrons. The number of carbonyl (C=O) groups excluding carboxylic acids is 1. The van der Waals surface area contributed by atoms with E-state index in [1.807, 2.05) is 6.26 Å². The van der Waals surface area contributed by atoms with Crippen LogP contribution < -0.4 is 10.6 Å². The Morgan fingerprint density at radius 3 is 2.69 bits per heavy atom. The Hall–Kier alpha value is -2.68. The average molecular weight is 417 g/mol. The third-order valence-corrected chi connectivity index (χ3v) is 4.81. The lowest BCUT2D eigenvalue weighted by Gasteiger charge is -2.11. The van der Waals surface area contributed by atoms with Gasteiger partial charge in [0, 0.05) is 13.1 Å². The zero-order chi connectivity index (χ0) is 20.8. The summed E-state index contributed by atoms with van der Waals surface area (Å²) in [5, 5.41) is 12.2. The van der Waals surface area contributed by atoms with Crippen LogP contribution in [0.15, 0.2) is 35.6 Å². The molecular formula is C20H25FN6OS. The van der Waals surface area contributed by atoms with Crippen molar-refractivity contribution in [1.29, 1.82) is 0 Å². The normalized spacial score (nSPS) is 11.2. The highest BCUT2D eigenvalue weighted by molar-refractivity contribution is 7.98. The molecule has 0 unspecified atom stereocenters. The van der Waals surface area contributed by atoms with Crippen LogP contribution in [0.2, 0.25) is 0 Å². The van der Waals surface area contributed by atoms with E-state index in [-0.39, 0.29) is 18.1 Å². The standard InChI is InChI=1S/C20H25FN6OS/c1-13(2)11-23-18-16-12-24-27(19(16)26-20(25-18)29-3)9-8-22-17(28)10-14-4-6-15(21)7-5-14/h4-7,12-13H,8-11H2,1-3H3,(H,22,28)(H,23,25,26). The molecule has 0 radical (unpaired) electrons. The number of anilines is 1. The first kappa shape index (κ1) is 21.0. The van der Waals surface area contributed by atoms with Crippen LogP contribution in [0.25, 0.3) is 11.0 Å². The second-order valence-electron chi connectivity index (χ2n) is 7.09. The summed E-state index contributed by atoms with van der Waals surface area (Å²) in [6, 6.07) is 5.93. The summed E-state index contributed by atoms with van der Waals surface area (Å²) in [6.07, 6.45) is 3.90. The number of thioether (sulfide) groups is 1. The molecule has 0 saturated carbocycles. The fourth-order valence-electron chi connectivity index (χ4n) is 2.78. The lowest BCUT2D eigenvalue weighted by molar-refractivity contribution is -0.120. The molecule has 0 spiro atoms. The van der Waals surface area contributed by atoms with Crippen molar-refractivity contribution >= 4 is 34.5 Å². The number of aromatic nitrogens is 4. The van der Waals surface area contributed by atoms with Gasteiger partial charge in [-0.3, -0.25) is 4.79 Å². The number of hydrogen-bond acceptors (Lipinski definition) is 6. The predicted octanol–water partition coefficient (Wildman–Crippen LogP) is 3.11. The number of benzene rings is 1. The van der Waals surface area contributed by atoms with Crippen LogP contribution in [-0.2, 0) is 17.8 Å². The smallest absolute Gasteiger partial charge is 0.224 e. The molecule has 2 aromatic heterocycles. The van der Waals surface area contributed by atoms with E-state index in [4.69, 9.17) is 0 Å². The molecule has 0 atom stereocenters. The number of hydrogen-bond donors (Lipinski definition) is 2. The quantitative estimate of drug-likeness (QED) is 0.412. The van der Waals surface area contributed by atoms with E-state index in [0.29, 0.717) is 24.2 Å². The first-order valence-electron chi connectivity index (χ1n) is 9.49. The summed E-state index contributed by atoms with van der Waals surface area (Å²) in [4.78, 5) is 21.3. The summed E-state index contributed by atoms with van der Waals surface area (Å²) in [6.45, 7) is 6.00. The van der Waals surface area contributed by atoms with E-state index in [1.165, 1.54) is 23.9 Å². The minimum atomic E-state index is -0.312. The molecular weight excluding hydrogens is 391 g/mol. The van der Waals surface area contributed by atoms with Crippen molar-refractivity contribution in [3.05, 3.63) is 41.8 Å². The van der Waals surface area contributed by atoms with Crippen LogP contribution in [0, 0.1) is 11.7 Å². The Bertz CT molecular complexity index is 973. The van der Waals surface area contributed by atoms with E-state index in [9.17, 15) is 9.18 Å². The molecule has 0 aliphatic carbocycles. The van der Waals surface area contributed by atoms with Crippen LogP contribution in [0.5, 0.6) is 0 Å². The van der Waals surface area contributed by atoms with Gasteiger partial charge in [0.1, 0.15) is 11.6 Å². The number of rotatable bonds is 9. The Labute approximate surface area is 173 Å². The zero-order valence-electron chi connectivity index (χ0n) is 16.8. The molecule has 7 nitrogen and oxygen atoms in total. The number of carbonyl (C=O) groups is 1. The van der Waals surface area contributed by atoms with E-state index in [1.54, 1.807) is 23.0 Å². The minimum Gasteiger partial charge on any atom is -0.369 e. The number of fused-ring (bicyclic) bond motifs is 1. The van der Waals surface area contributed by atoms with Gasteiger partial charge < -0.3 is 10.6 Å². The highest BCUT2D eigenvalue weighted by Crippen LogP contribution is 2.23. The molecule has 0 aliphatic heterocycles. The van der Waals surface area contributed by atoms with Gasteiger partial charge in [-0.25, -0.2) is 19.0 Å². The summed E-state index contributed by atoms with van der Waals surface area (Å²) >= 11 is 1.48. The van der Waals surface area contributed by atoms with Gasteiger partial charge in [-0.1, -0.05) is 37.7 Å². The van der Waals surface area contributed by atoms with Gasteiger partial charge in [0.25, 0.3) is 0 Å². The molecule has 1 aromatic carbocycles. The fourth-order valence-corrected chi connectivity index (χ4v) is 3.14. The van der Waals surface area contributed by atoms with Gasteiger partial charge in [0.05, 0.1) is 24.5 Å². The molecule has 1 amide bonds. The third-order valence-electron chi connectivity index (χ3n) is 4.26. The second-order valence-corrected chi connectivity index (χ2v) is 7.87. The second kappa shape index (κ2) is 9.69. The van der Waals surface area contributed by atoms with Crippen LogP contribution in [0.3, 0.4) is 0 Å². The highest BCUT2D eigenvalue weighted by atomic mass is 32.2. The molecule has 2 heterocycles. The Morgan fingerprint density at radius 1 is 1.24 bits per heavy atom. The summed E-state index contributed by atoms with van der Waals surface area (Å²) < 4.78 is 14.7. The molecule has 0 bridgehead atoms. The SMILES string of the molecule is CSc1nc(NCC(C)C)c2cnn(CCNC(=O)Cc3ccc(F)cc3)c2n1. The molecule has 2 N–H and O–H groups in total. The van der Waals surface area contributed by atoms with Crippen molar-refractivity contribution in [3.8, 4) is 0 Å². The topological polar surface area (TPSA) is 84.7 Å². The molecule has 3 aromatic rings. The van der Waals surface area contributed by atoms with Crippen LogP contribution in [-0.4, -0.2) is 45.0 Å². The number of halogens is 1. The van der Waals surface area contributed by atoms with E-state index in [2.05, 4.69) is 39.5 Å². The first-order valence-corrected chi connectivity index (χ1v) is 10.7. The fraction of sp³-hybridized carbons (Fsp3) is 0.400. The maximum Gasteiger partial charge on any atom is 0.224 e. The minimum absolute atomic E-state index is 0.119. The maximum atomic E-state index is 13.0. The number of amides is 1. The zero-order valence-corrected chi connectivity index (χ0v) is 17.6. The van der Waals surface area contributed by atoms with E-state index >= 15 is 0 Å². The molecule has 9 heteroatoms. The van der Waals surface area contributed by atoms with Crippen molar-refractivity contribution in [3.63, 3.8) is 0 Å². The van der Waals surface area contributed by atoms with Crippen LogP contribution >= 0.6 is 11.8 Å². The Morgan fingerprint density at radius 2 is 2.00 bits per heavy atom. The Kier molecular flexibility index (Phi) is 7.03. The monoisotopic (exact) mass is 416 g/mol.